The molecule has 1 fully saturated rings. The number of nitrogens with two attached hydrogens (primary N) is 1. The molecular weight excluding hydrogens is 268 g/mol. The molecule has 0 radical (unpaired) electrons. The highest BCUT2D eigenvalue weighted by atomic mass is 16.5. The normalized spacial score (nSPS) is 19.1. The van der Waals surface area contributed by atoms with Gasteiger partial charge in [-0.1, -0.05) is 20.8 Å². The van der Waals surface area contributed by atoms with Crippen LogP contribution in [0.15, 0.2) is 12.1 Å². The fourth-order valence-electron chi connectivity index (χ4n) is 2.15. The lowest BCUT2D eigenvalue weighted by Gasteiger charge is -2.30. The van der Waals surface area contributed by atoms with Crippen molar-refractivity contribution in [2.75, 3.05) is 25.4 Å². The van der Waals surface area contributed by atoms with Gasteiger partial charge in [-0.25, -0.2) is 4.98 Å². The van der Waals surface area contributed by atoms with E-state index in [2.05, 4.69) is 4.98 Å². The lowest BCUT2D eigenvalue weighted by molar-refractivity contribution is 0.00346. The minimum absolute atomic E-state index is 0.141. The van der Waals surface area contributed by atoms with Crippen LogP contribution in [0.4, 0.5) is 5.82 Å². The number of carbonyl (C=O) groups is 1. The number of ether oxygens (including phenoxy) is 1. The number of carbonyl (C=O) groups excluding carboxylic acids is 1. The first kappa shape index (κ1) is 15.3. The predicted octanol–water partition coefficient (Wildman–Crippen LogP) is 1.33. The van der Waals surface area contributed by atoms with Crippen molar-refractivity contribution in [1.82, 2.24) is 9.88 Å². The molecule has 6 nitrogen and oxygen atoms in total. The number of anilines is 1. The number of nitriles is 1. The average Bonchev–Trinajstić information content (AvgIpc) is 2.45. The van der Waals surface area contributed by atoms with Gasteiger partial charge in [-0.2, -0.15) is 5.26 Å². The molecule has 0 bridgehead atoms. The number of hydrogen-bond acceptors (Lipinski definition) is 5. The third-order valence-electron chi connectivity index (χ3n) is 3.36. The van der Waals surface area contributed by atoms with Crippen LogP contribution in [0.5, 0.6) is 0 Å². The van der Waals surface area contributed by atoms with E-state index in [1.54, 1.807) is 17.0 Å². The van der Waals surface area contributed by atoms with Crippen LogP contribution in [0.2, 0.25) is 0 Å². The van der Waals surface area contributed by atoms with Crippen molar-refractivity contribution in [3.63, 3.8) is 0 Å². The number of hydrogen-bond donors (Lipinski definition) is 1. The molecule has 6 heteroatoms. The number of amides is 1. The lowest BCUT2D eigenvalue weighted by atomic mass is 9.90. The maximum atomic E-state index is 12.6. The van der Waals surface area contributed by atoms with E-state index in [4.69, 9.17) is 15.7 Å². The minimum Gasteiger partial charge on any atom is -0.384 e. The molecule has 1 aliphatic heterocycles. The van der Waals surface area contributed by atoms with Gasteiger partial charge >= 0.3 is 0 Å². The largest absolute Gasteiger partial charge is 0.384 e. The fourth-order valence-corrected chi connectivity index (χ4v) is 2.15. The van der Waals surface area contributed by atoms with Crippen LogP contribution in [0.25, 0.3) is 0 Å². The van der Waals surface area contributed by atoms with E-state index >= 15 is 0 Å². The Morgan fingerprint density at radius 1 is 1.52 bits per heavy atom. The zero-order valence-electron chi connectivity index (χ0n) is 12.6. The molecule has 21 heavy (non-hydrogen) atoms. The van der Waals surface area contributed by atoms with Gasteiger partial charge in [-0.15, -0.1) is 0 Å². The number of morpholine rings is 1. The molecule has 2 rings (SSSR count). The molecule has 1 amide bonds. The number of aromatic nitrogens is 1. The molecule has 0 aliphatic carbocycles. The van der Waals surface area contributed by atoms with Crippen molar-refractivity contribution in [3.05, 3.63) is 23.4 Å². The van der Waals surface area contributed by atoms with Crippen LogP contribution < -0.4 is 5.73 Å². The van der Waals surface area contributed by atoms with E-state index in [0.29, 0.717) is 24.5 Å². The highest BCUT2D eigenvalue weighted by molar-refractivity contribution is 5.95. The van der Waals surface area contributed by atoms with E-state index in [0.717, 1.165) is 5.69 Å². The van der Waals surface area contributed by atoms with E-state index < -0.39 is 6.10 Å². The van der Waals surface area contributed by atoms with Crippen LogP contribution in [-0.2, 0) is 10.2 Å². The molecule has 0 aromatic carbocycles. The van der Waals surface area contributed by atoms with Gasteiger partial charge in [-0.3, -0.25) is 4.79 Å². The van der Waals surface area contributed by atoms with Crippen LogP contribution in [0, 0.1) is 11.3 Å². The van der Waals surface area contributed by atoms with Gasteiger partial charge in [0.1, 0.15) is 5.82 Å². The predicted molar refractivity (Wildman–Crippen MR) is 78.6 cm³/mol. The summed E-state index contributed by atoms with van der Waals surface area (Å²) in [5, 5.41) is 8.91. The fraction of sp³-hybridized carbons (Fsp3) is 0.533. The van der Waals surface area contributed by atoms with E-state index in [1.165, 1.54) is 0 Å². The standard InChI is InChI=1S/C15H20N4O2/c1-15(2,3)12-6-10(7-13(17)18-12)14(20)19-4-5-21-11(8-16)9-19/h6-7,11H,4-5,9H2,1-3H3,(H2,17,18). The van der Waals surface area contributed by atoms with Crippen LogP contribution in [0.1, 0.15) is 36.8 Å². The average molecular weight is 288 g/mol. The summed E-state index contributed by atoms with van der Waals surface area (Å²) in [6.07, 6.45) is -0.566. The maximum absolute atomic E-state index is 12.6. The monoisotopic (exact) mass is 288 g/mol. The summed E-state index contributed by atoms with van der Waals surface area (Å²) >= 11 is 0. The van der Waals surface area contributed by atoms with Crippen LogP contribution >= 0.6 is 0 Å². The van der Waals surface area contributed by atoms with Gasteiger partial charge in [0.15, 0.2) is 6.10 Å². The summed E-state index contributed by atoms with van der Waals surface area (Å²) in [5.41, 5.74) is 6.91. The topological polar surface area (TPSA) is 92.2 Å². The number of rotatable bonds is 1. The Morgan fingerprint density at radius 3 is 2.86 bits per heavy atom. The second-order valence-corrected chi connectivity index (χ2v) is 6.16. The zero-order valence-corrected chi connectivity index (χ0v) is 12.6. The van der Waals surface area contributed by atoms with Crippen molar-refractivity contribution in [2.24, 2.45) is 0 Å². The van der Waals surface area contributed by atoms with Gasteiger partial charge < -0.3 is 15.4 Å². The summed E-state index contributed by atoms with van der Waals surface area (Å²) in [5.74, 6) is 0.189. The first-order valence-corrected chi connectivity index (χ1v) is 6.90. The molecule has 1 aromatic rings. The summed E-state index contributed by atoms with van der Waals surface area (Å²) in [4.78, 5) is 18.5. The van der Waals surface area contributed by atoms with Crippen molar-refractivity contribution in [3.8, 4) is 6.07 Å². The molecular formula is C15H20N4O2. The van der Waals surface area contributed by atoms with Gasteiger partial charge in [0, 0.05) is 23.2 Å². The summed E-state index contributed by atoms with van der Waals surface area (Å²) < 4.78 is 5.25. The SMILES string of the molecule is CC(C)(C)c1cc(C(=O)N2CCOC(C#N)C2)cc(N)n1. The Morgan fingerprint density at radius 2 is 2.24 bits per heavy atom. The Labute approximate surface area is 124 Å². The quantitative estimate of drug-likeness (QED) is 0.841. The molecule has 1 aliphatic rings. The van der Waals surface area contributed by atoms with E-state index in [-0.39, 0.29) is 17.9 Å². The van der Waals surface area contributed by atoms with Crippen molar-refractivity contribution >= 4 is 11.7 Å². The lowest BCUT2D eigenvalue weighted by Crippen LogP contribution is -2.45. The van der Waals surface area contributed by atoms with Crippen molar-refractivity contribution in [1.29, 1.82) is 5.26 Å². The molecule has 1 saturated heterocycles. The van der Waals surface area contributed by atoms with Gasteiger partial charge in [0.25, 0.3) is 5.91 Å². The van der Waals surface area contributed by atoms with E-state index in [9.17, 15) is 4.79 Å². The first-order chi connectivity index (χ1) is 9.81. The van der Waals surface area contributed by atoms with Crippen molar-refractivity contribution in [2.45, 2.75) is 32.3 Å². The zero-order chi connectivity index (χ0) is 15.6. The number of pyridine rings is 1. The maximum Gasteiger partial charge on any atom is 0.254 e. The van der Waals surface area contributed by atoms with Crippen LogP contribution in [-0.4, -0.2) is 41.6 Å². The van der Waals surface area contributed by atoms with E-state index in [1.807, 2.05) is 26.8 Å². The van der Waals surface area contributed by atoms with Gasteiger partial charge in [0.05, 0.1) is 19.2 Å². The molecule has 2 heterocycles. The smallest absolute Gasteiger partial charge is 0.254 e. The molecule has 0 spiro atoms. The third-order valence-corrected chi connectivity index (χ3v) is 3.36. The molecule has 1 aromatic heterocycles. The Bertz CT molecular complexity index is 586. The summed E-state index contributed by atoms with van der Waals surface area (Å²) in [6, 6.07) is 5.39. The molecule has 1 atom stereocenters. The molecule has 112 valence electrons. The Hall–Kier alpha value is -2.13. The first-order valence-electron chi connectivity index (χ1n) is 6.90. The molecule has 2 N–H and O–H groups in total. The highest BCUT2D eigenvalue weighted by Gasteiger charge is 2.26. The van der Waals surface area contributed by atoms with Crippen LogP contribution in [0.3, 0.4) is 0 Å². The van der Waals surface area contributed by atoms with Gasteiger partial charge in [0.2, 0.25) is 0 Å². The van der Waals surface area contributed by atoms with Gasteiger partial charge in [-0.05, 0) is 12.1 Å². The number of nitrogen functional groups attached to an aromatic ring is 1. The molecule has 1 unspecified atom stereocenters. The Kier molecular flexibility index (Phi) is 4.14. The summed E-state index contributed by atoms with van der Waals surface area (Å²) in [6.45, 7) is 7.18. The second kappa shape index (κ2) is 5.70. The Balaban J connectivity index is 2.27. The summed E-state index contributed by atoms with van der Waals surface area (Å²) in [7, 11) is 0. The molecule has 0 saturated carbocycles. The minimum atomic E-state index is -0.566. The highest BCUT2D eigenvalue weighted by Crippen LogP contribution is 2.23. The third kappa shape index (κ3) is 3.50. The number of nitrogens with zero attached hydrogens (tertiary/aromatic N) is 3. The van der Waals surface area contributed by atoms with Crippen molar-refractivity contribution < 1.29 is 9.53 Å². The second-order valence-electron chi connectivity index (χ2n) is 6.16.